The van der Waals surface area contributed by atoms with E-state index in [1.54, 1.807) is 0 Å². The Hall–Kier alpha value is -0.580. The van der Waals surface area contributed by atoms with Gasteiger partial charge in [-0.3, -0.25) is 4.68 Å². The van der Waals surface area contributed by atoms with Crippen LogP contribution in [0.2, 0.25) is 5.02 Å². The largest absolute Gasteiger partial charge is 0.381 e. The van der Waals surface area contributed by atoms with Crippen LogP contribution in [0.15, 0.2) is 0 Å². The first kappa shape index (κ1) is 17.5. The maximum atomic E-state index is 6.36. The number of aromatic nitrogens is 2. The van der Waals surface area contributed by atoms with Crippen molar-refractivity contribution in [2.75, 3.05) is 19.8 Å². The van der Waals surface area contributed by atoms with Crippen LogP contribution in [0.4, 0.5) is 0 Å². The number of nitrogens with zero attached hydrogens (tertiary/aromatic N) is 2. The van der Waals surface area contributed by atoms with Crippen LogP contribution in [-0.4, -0.2) is 29.5 Å². The van der Waals surface area contributed by atoms with Crippen LogP contribution in [0.3, 0.4) is 0 Å². The topological polar surface area (TPSA) is 39.1 Å². The van der Waals surface area contributed by atoms with Crippen molar-refractivity contribution in [3.8, 4) is 0 Å². The zero-order chi connectivity index (χ0) is 15.0. The molecular formula is C15H28ClN3O. The molecule has 1 aromatic heterocycles. The van der Waals surface area contributed by atoms with Gasteiger partial charge in [0.1, 0.15) is 0 Å². The summed E-state index contributed by atoms with van der Waals surface area (Å²) in [6.45, 7) is 12.7. The fourth-order valence-electron chi connectivity index (χ4n) is 2.01. The normalized spacial score (nSPS) is 11.5. The Kier molecular flexibility index (Phi) is 8.19. The number of aryl methyl sites for hydroxylation is 2. The number of rotatable bonds is 10. The monoisotopic (exact) mass is 301 g/mol. The first-order valence-electron chi connectivity index (χ1n) is 7.62. The number of ether oxygens (including phenoxy) is 1. The van der Waals surface area contributed by atoms with Crippen molar-refractivity contribution in [2.45, 2.75) is 53.6 Å². The molecule has 1 aromatic rings. The molecule has 1 heterocycles. The van der Waals surface area contributed by atoms with Gasteiger partial charge in [0, 0.05) is 26.3 Å². The molecule has 0 spiro atoms. The Labute approximate surface area is 127 Å². The molecule has 1 rings (SSSR count). The van der Waals surface area contributed by atoms with Crippen molar-refractivity contribution in [1.82, 2.24) is 15.1 Å². The van der Waals surface area contributed by atoms with Gasteiger partial charge in [0.05, 0.1) is 16.4 Å². The highest BCUT2D eigenvalue weighted by Crippen LogP contribution is 2.21. The minimum Gasteiger partial charge on any atom is -0.381 e. The molecule has 0 atom stereocenters. The summed E-state index contributed by atoms with van der Waals surface area (Å²) >= 11 is 6.36. The highest BCUT2D eigenvalue weighted by atomic mass is 35.5. The average molecular weight is 302 g/mol. The van der Waals surface area contributed by atoms with Gasteiger partial charge in [-0.15, -0.1) is 0 Å². The van der Waals surface area contributed by atoms with Crippen LogP contribution in [0.1, 0.15) is 45.5 Å². The van der Waals surface area contributed by atoms with E-state index in [0.717, 1.165) is 62.1 Å². The Bertz CT molecular complexity index is 391. The highest BCUT2D eigenvalue weighted by Gasteiger charge is 2.13. The zero-order valence-corrected chi connectivity index (χ0v) is 14.0. The van der Waals surface area contributed by atoms with Gasteiger partial charge in [-0.1, -0.05) is 32.4 Å². The van der Waals surface area contributed by atoms with E-state index < -0.39 is 0 Å². The molecule has 5 heteroatoms. The van der Waals surface area contributed by atoms with Gasteiger partial charge in [0.25, 0.3) is 0 Å². The van der Waals surface area contributed by atoms with E-state index in [9.17, 15) is 0 Å². The Morgan fingerprint density at radius 3 is 2.70 bits per heavy atom. The molecule has 1 N–H and O–H groups in total. The quantitative estimate of drug-likeness (QED) is 0.674. The summed E-state index contributed by atoms with van der Waals surface area (Å²) in [5.74, 6) is 0.605. The standard InChI is InChI=1S/C15H28ClN3O/c1-5-13-15(16)14(19(6-2)18-13)10-17-8-7-9-20-11-12(3)4/h12,17H,5-11H2,1-4H3. The second kappa shape index (κ2) is 9.37. The summed E-state index contributed by atoms with van der Waals surface area (Å²) in [5.41, 5.74) is 2.08. The van der Waals surface area contributed by atoms with Gasteiger partial charge >= 0.3 is 0 Å². The number of nitrogens with one attached hydrogen (secondary N) is 1. The van der Waals surface area contributed by atoms with Crippen LogP contribution in [0, 0.1) is 5.92 Å². The van der Waals surface area contributed by atoms with Crippen molar-refractivity contribution in [1.29, 1.82) is 0 Å². The molecule has 0 fully saturated rings. The fraction of sp³-hybridized carbons (Fsp3) is 0.800. The molecule has 0 aliphatic rings. The minimum atomic E-state index is 0.605. The van der Waals surface area contributed by atoms with Gasteiger partial charge in [-0.2, -0.15) is 5.10 Å². The van der Waals surface area contributed by atoms with Gasteiger partial charge in [0.2, 0.25) is 0 Å². The fourth-order valence-corrected chi connectivity index (χ4v) is 2.35. The number of hydrogen-bond donors (Lipinski definition) is 1. The molecular weight excluding hydrogens is 274 g/mol. The van der Waals surface area contributed by atoms with Crippen LogP contribution in [0.25, 0.3) is 0 Å². The van der Waals surface area contributed by atoms with Gasteiger partial charge < -0.3 is 10.1 Å². The van der Waals surface area contributed by atoms with Crippen molar-refractivity contribution in [3.05, 3.63) is 16.4 Å². The van der Waals surface area contributed by atoms with Gasteiger partial charge in [0.15, 0.2) is 0 Å². The van der Waals surface area contributed by atoms with E-state index in [1.807, 2.05) is 4.68 Å². The maximum Gasteiger partial charge on any atom is 0.0863 e. The second-order valence-electron chi connectivity index (χ2n) is 5.38. The molecule has 0 aliphatic carbocycles. The van der Waals surface area contributed by atoms with Gasteiger partial charge in [-0.05, 0) is 32.2 Å². The third-order valence-electron chi connectivity index (χ3n) is 3.08. The van der Waals surface area contributed by atoms with E-state index in [0.29, 0.717) is 5.92 Å². The SMILES string of the molecule is CCc1nn(CC)c(CNCCCOCC(C)C)c1Cl. The van der Waals surface area contributed by atoms with Crippen molar-refractivity contribution < 1.29 is 4.74 Å². The van der Waals surface area contributed by atoms with E-state index in [1.165, 1.54) is 0 Å². The first-order valence-corrected chi connectivity index (χ1v) is 8.00. The van der Waals surface area contributed by atoms with Crippen LogP contribution in [-0.2, 0) is 24.2 Å². The zero-order valence-electron chi connectivity index (χ0n) is 13.2. The summed E-state index contributed by atoms with van der Waals surface area (Å²) in [7, 11) is 0. The third-order valence-corrected chi connectivity index (χ3v) is 3.52. The Balaban J connectivity index is 2.29. The Morgan fingerprint density at radius 1 is 1.35 bits per heavy atom. The van der Waals surface area contributed by atoms with Gasteiger partial charge in [-0.25, -0.2) is 0 Å². The highest BCUT2D eigenvalue weighted by molar-refractivity contribution is 6.31. The molecule has 0 saturated carbocycles. The molecule has 4 nitrogen and oxygen atoms in total. The van der Waals surface area contributed by atoms with Crippen molar-refractivity contribution in [3.63, 3.8) is 0 Å². The first-order chi connectivity index (χ1) is 9.60. The smallest absolute Gasteiger partial charge is 0.0863 e. The van der Waals surface area contributed by atoms with E-state index in [-0.39, 0.29) is 0 Å². The predicted octanol–water partition coefficient (Wildman–Crippen LogP) is 3.27. The molecule has 0 amide bonds. The van der Waals surface area contributed by atoms with Crippen LogP contribution in [0.5, 0.6) is 0 Å². The lowest BCUT2D eigenvalue weighted by Gasteiger charge is -2.09. The van der Waals surface area contributed by atoms with E-state index in [2.05, 4.69) is 38.1 Å². The molecule has 0 bridgehead atoms. The third kappa shape index (κ3) is 5.43. The Morgan fingerprint density at radius 2 is 2.10 bits per heavy atom. The van der Waals surface area contributed by atoms with Crippen LogP contribution < -0.4 is 5.32 Å². The van der Waals surface area contributed by atoms with Crippen LogP contribution >= 0.6 is 11.6 Å². The predicted molar refractivity (Wildman–Crippen MR) is 84.3 cm³/mol. The molecule has 116 valence electrons. The summed E-state index contributed by atoms with van der Waals surface area (Å²) in [6.07, 6.45) is 1.90. The molecule has 0 unspecified atom stereocenters. The number of halogens is 1. The molecule has 0 aromatic carbocycles. The summed E-state index contributed by atoms with van der Waals surface area (Å²) < 4.78 is 7.54. The number of hydrogen-bond acceptors (Lipinski definition) is 3. The molecule has 0 aliphatic heterocycles. The minimum absolute atomic E-state index is 0.605. The molecule has 20 heavy (non-hydrogen) atoms. The summed E-state index contributed by atoms with van der Waals surface area (Å²) in [5, 5.41) is 8.75. The lowest BCUT2D eigenvalue weighted by molar-refractivity contribution is 0.108. The van der Waals surface area contributed by atoms with Crippen molar-refractivity contribution in [2.24, 2.45) is 5.92 Å². The van der Waals surface area contributed by atoms with E-state index >= 15 is 0 Å². The average Bonchev–Trinajstić information content (AvgIpc) is 2.73. The second-order valence-corrected chi connectivity index (χ2v) is 5.75. The lowest BCUT2D eigenvalue weighted by atomic mass is 10.2. The maximum absolute atomic E-state index is 6.36. The summed E-state index contributed by atoms with van der Waals surface area (Å²) in [6, 6.07) is 0. The van der Waals surface area contributed by atoms with Crippen molar-refractivity contribution >= 4 is 11.6 Å². The van der Waals surface area contributed by atoms with E-state index in [4.69, 9.17) is 16.3 Å². The molecule has 0 saturated heterocycles. The summed E-state index contributed by atoms with van der Waals surface area (Å²) in [4.78, 5) is 0. The lowest BCUT2D eigenvalue weighted by Crippen LogP contribution is -2.19. The molecule has 0 radical (unpaired) electrons.